The van der Waals surface area contributed by atoms with E-state index < -0.39 is 37.1 Å². The van der Waals surface area contributed by atoms with Crippen LogP contribution in [-0.4, -0.2) is 76.9 Å². The predicted octanol–water partition coefficient (Wildman–Crippen LogP) is -2.81. The Morgan fingerprint density at radius 3 is 2.56 bits per heavy atom. The fraction of sp³-hybridized carbons (Fsp3) is 1.00. The van der Waals surface area contributed by atoms with Gasteiger partial charge in [-0.3, -0.25) is 5.32 Å². The van der Waals surface area contributed by atoms with Gasteiger partial charge in [-0.25, -0.2) is 5.01 Å². The molecule has 1 aliphatic rings. The van der Waals surface area contributed by atoms with E-state index in [0.717, 1.165) is 5.01 Å². The van der Waals surface area contributed by atoms with Crippen LogP contribution >= 0.6 is 0 Å². The van der Waals surface area contributed by atoms with Crippen LogP contribution in [0.2, 0.25) is 0 Å². The second-order valence-corrected chi connectivity index (χ2v) is 4.24. The summed E-state index contributed by atoms with van der Waals surface area (Å²) in [5, 5.41) is 44.4. The van der Waals surface area contributed by atoms with Gasteiger partial charge in [0, 0.05) is 13.6 Å². The Balaban J connectivity index is 2.47. The lowest BCUT2D eigenvalue weighted by Gasteiger charge is -2.40. The summed E-state index contributed by atoms with van der Waals surface area (Å²) >= 11 is 0. The van der Waals surface area contributed by atoms with Gasteiger partial charge in [-0.15, -0.1) is 4.91 Å². The maximum absolute atomic E-state index is 10.1. The van der Waals surface area contributed by atoms with Gasteiger partial charge in [-0.05, 0) is 0 Å². The highest BCUT2D eigenvalue weighted by Crippen LogP contribution is 2.24. The number of ether oxygens (including phenoxy) is 1. The SMILES string of the molecule is CN(CNC[C@H]1[C@@H](O)O[C@H](CO)C(O)[C@@H]1O)N=O. The van der Waals surface area contributed by atoms with Gasteiger partial charge in [0.1, 0.15) is 12.2 Å². The maximum Gasteiger partial charge on any atom is 0.161 e. The van der Waals surface area contributed by atoms with Crippen molar-refractivity contribution in [3.8, 4) is 0 Å². The molecule has 1 unspecified atom stereocenters. The van der Waals surface area contributed by atoms with Crippen molar-refractivity contribution in [1.82, 2.24) is 10.3 Å². The number of hydrogen-bond acceptors (Lipinski definition) is 8. The molecule has 1 heterocycles. The summed E-state index contributed by atoms with van der Waals surface area (Å²) in [6, 6.07) is 0. The first kappa shape index (κ1) is 15.2. The van der Waals surface area contributed by atoms with Gasteiger partial charge >= 0.3 is 0 Å². The monoisotopic (exact) mass is 265 g/mol. The van der Waals surface area contributed by atoms with Gasteiger partial charge in [-0.2, -0.15) is 0 Å². The molecule has 9 heteroatoms. The van der Waals surface area contributed by atoms with E-state index in [-0.39, 0.29) is 13.2 Å². The molecule has 0 aliphatic carbocycles. The van der Waals surface area contributed by atoms with Crippen LogP contribution in [0.15, 0.2) is 5.29 Å². The van der Waals surface area contributed by atoms with E-state index in [1.807, 2.05) is 0 Å². The summed E-state index contributed by atoms with van der Waals surface area (Å²) in [5.41, 5.74) is 0. The third kappa shape index (κ3) is 3.57. The lowest BCUT2D eigenvalue weighted by atomic mass is 9.91. The standard InChI is InChI=1S/C9H19N3O6/c1-12(11-17)4-10-2-5-7(14)8(15)6(3-13)18-9(5)16/h5-10,13-16H,2-4H2,1H3/t5-,6-,7-,8?,9+/m1/s1. The van der Waals surface area contributed by atoms with Crippen molar-refractivity contribution in [1.29, 1.82) is 0 Å². The van der Waals surface area contributed by atoms with Gasteiger partial charge in [0.15, 0.2) is 6.29 Å². The van der Waals surface area contributed by atoms with Crippen molar-refractivity contribution in [2.45, 2.75) is 24.6 Å². The predicted molar refractivity (Wildman–Crippen MR) is 59.9 cm³/mol. The van der Waals surface area contributed by atoms with Crippen LogP contribution in [0.3, 0.4) is 0 Å². The molecular formula is C9H19N3O6. The van der Waals surface area contributed by atoms with E-state index >= 15 is 0 Å². The molecule has 1 fully saturated rings. The molecule has 1 rings (SSSR count). The quantitative estimate of drug-likeness (QED) is 0.197. The molecule has 9 nitrogen and oxygen atoms in total. The van der Waals surface area contributed by atoms with Crippen molar-refractivity contribution in [3.05, 3.63) is 4.91 Å². The summed E-state index contributed by atoms with van der Waals surface area (Å²) < 4.78 is 4.97. The second-order valence-electron chi connectivity index (χ2n) is 4.24. The third-order valence-electron chi connectivity index (χ3n) is 2.89. The summed E-state index contributed by atoms with van der Waals surface area (Å²) in [5.74, 6) is -0.761. The average Bonchev–Trinajstić information content (AvgIpc) is 2.37. The van der Waals surface area contributed by atoms with Gasteiger partial charge in [-0.1, -0.05) is 0 Å². The minimum absolute atomic E-state index is 0.122. The van der Waals surface area contributed by atoms with Crippen molar-refractivity contribution < 1.29 is 25.2 Å². The number of aliphatic hydroxyl groups excluding tert-OH is 4. The summed E-state index contributed by atoms with van der Waals surface area (Å²) in [6.45, 7) is -0.233. The highest BCUT2D eigenvalue weighted by atomic mass is 16.6. The fourth-order valence-electron chi connectivity index (χ4n) is 1.80. The highest BCUT2D eigenvalue weighted by Gasteiger charge is 2.43. The van der Waals surface area contributed by atoms with E-state index in [9.17, 15) is 20.2 Å². The van der Waals surface area contributed by atoms with E-state index in [4.69, 9.17) is 9.84 Å². The molecule has 0 bridgehead atoms. The molecule has 106 valence electrons. The van der Waals surface area contributed by atoms with Crippen LogP contribution in [0.4, 0.5) is 0 Å². The van der Waals surface area contributed by atoms with Gasteiger partial charge < -0.3 is 25.2 Å². The molecule has 0 aromatic carbocycles. The Morgan fingerprint density at radius 2 is 2.00 bits per heavy atom. The molecule has 0 aromatic rings. The zero-order valence-electron chi connectivity index (χ0n) is 10.0. The van der Waals surface area contributed by atoms with Gasteiger partial charge in [0.25, 0.3) is 0 Å². The first-order chi connectivity index (χ1) is 8.51. The third-order valence-corrected chi connectivity index (χ3v) is 2.89. The molecule has 0 spiro atoms. The molecule has 0 amide bonds. The number of nitrogens with zero attached hydrogens (tertiary/aromatic N) is 2. The molecule has 18 heavy (non-hydrogen) atoms. The van der Waals surface area contributed by atoms with Crippen LogP contribution in [-0.2, 0) is 4.74 Å². The first-order valence-electron chi connectivity index (χ1n) is 5.57. The Bertz CT molecular complexity index is 269. The van der Waals surface area contributed by atoms with E-state index in [2.05, 4.69) is 10.6 Å². The van der Waals surface area contributed by atoms with Crippen LogP contribution in [0.1, 0.15) is 0 Å². The molecule has 0 saturated carbocycles. The minimum Gasteiger partial charge on any atom is -0.394 e. The van der Waals surface area contributed by atoms with Gasteiger partial charge in [0.2, 0.25) is 0 Å². The highest BCUT2D eigenvalue weighted by molar-refractivity contribution is 4.89. The van der Waals surface area contributed by atoms with Crippen molar-refractivity contribution in [2.75, 3.05) is 26.9 Å². The number of rotatable bonds is 6. The Hall–Kier alpha value is -0.840. The largest absolute Gasteiger partial charge is 0.394 e. The summed E-state index contributed by atoms with van der Waals surface area (Å²) in [6.07, 6.45) is -4.81. The molecule has 0 radical (unpaired) electrons. The Morgan fingerprint density at radius 1 is 1.33 bits per heavy atom. The normalized spacial score (nSPS) is 36.4. The van der Waals surface area contributed by atoms with Crippen molar-refractivity contribution >= 4 is 0 Å². The summed E-state index contributed by atoms with van der Waals surface area (Å²) in [7, 11) is 1.46. The van der Waals surface area contributed by atoms with E-state index in [1.165, 1.54) is 7.05 Å². The minimum atomic E-state index is -1.30. The molecule has 0 aromatic heterocycles. The van der Waals surface area contributed by atoms with Gasteiger partial charge in [0.05, 0.1) is 30.6 Å². The lowest BCUT2D eigenvalue weighted by molar-refractivity contribution is -0.268. The van der Waals surface area contributed by atoms with Crippen molar-refractivity contribution in [3.63, 3.8) is 0 Å². The fourth-order valence-corrected chi connectivity index (χ4v) is 1.80. The number of hydrogen-bond donors (Lipinski definition) is 5. The lowest BCUT2D eigenvalue weighted by Crippen LogP contribution is -2.58. The van der Waals surface area contributed by atoms with Crippen LogP contribution in [0.5, 0.6) is 0 Å². The Labute approximate surface area is 104 Å². The topological polar surface area (TPSA) is 135 Å². The molecule has 1 aliphatic heterocycles. The van der Waals surface area contributed by atoms with E-state index in [0.29, 0.717) is 0 Å². The maximum atomic E-state index is 10.1. The number of aliphatic hydroxyl groups is 4. The first-order valence-corrected chi connectivity index (χ1v) is 5.57. The Kier molecular flexibility index (Phi) is 5.85. The zero-order chi connectivity index (χ0) is 13.7. The van der Waals surface area contributed by atoms with Crippen LogP contribution < -0.4 is 5.32 Å². The molecule has 5 N–H and O–H groups in total. The van der Waals surface area contributed by atoms with E-state index in [1.54, 1.807) is 0 Å². The number of nitroso groups, excluding NO2 is 1. The van der Waals surface area contributed by atoms with Crippen LogP contribution in [0.25, 0.3) is 0 Å². The molecular weight excluding hydrogens is 246 g/mol. The molecule has 5 atom stereocenters. The second kappa shape index (κ2) is 6.92. The number of nitrogens with one attached hydrogen (secondary N) is 1. The smallest absolute Gasteiger partial charge is 0.161 e. The molecule has 1 saturated heterocycles. The van der Waals surface area contributed by atoms with Crippen molar-refractivity contribution in [2.24, 2.45) is 11.2 Å². The average molecular weight is 265 g/mol. The zero-order valence-corrected chi connectivity index (χ0v) is 10.0. The summed E-state index contributed by atoms with van der Waals surface area (Å²) in [4.78, 5) is 10.1. The van der Waals surface area contributed by atoms with Crippen LogP contribution in [0, 0.1) is 10.8 Å².